The lowest BCUT2D eigenvalue weighted by atomic mass is 9.92. The number of anilines is 1. The number of nitrogens with zero attached hydrogens (tertiary/aromatic N) is 1. The summed E-state index contributed by atoms with van der Waals surface area (Å²) in [6, 6.07) is 8.03. The number of rotatable bonds is 4. The minimum absolute atomic E-state index is 0.0498. The van der Waals surface area contributed by atoms with E-state index in [9.17, 15) is 18.0 Å². The zero-order valence-electron chi connectivity index (χ0n) is 12.5. The van der Waals surface area contributed by atoms with E-state index in [1.165, 1.54) is 12.1 Å². The fourth-order valence-corrected chi connectivity index (χ4v) is 2.69. The molecule has 1 aliphatic heterocycles. The highest BCUT2D eigenvalue weighted by Gasteiger charge is 2.37. The van der Waals surface area contributed by atoms with Gasteiger partial charge in [-0.2, -0.15) is 13.2 Å². The quantitative estimate of drug-likeness (QED) is 0.846. The molecule has 1 aromatic carbocycles. The van der Waals surface area contributed by atoms with Gasteiger partial charge < -0.3 is 9.64 Å². The third kappa shape index (κ3) is 4.47. The summed E-state index contributed by atoms with van der Waals surface area (Å²) in [5, 5.41) is 0. The van der Waals surface area contributed by atoms with Gasteiger partial charge in [0.25, 0.3) is 0 Å². The van der Waals surface area contributed by atoms with Gasteiger partial charge in [0.15, 0.2) is 0 Å². The van der Waals surface area contributed by atoms with E-state index >= 15 is 0 Å². The van der Waals surface area contributed by atoms with Gasteiger partial charge in [0.1, 0.15) is 6.54 Å². The molecule has 1 heterocycles. The molecule has 0 aliphatic carbocycles. The van der Waals surface area contributed by atoms with Crippen LogP contribution in [0.3, 0.4) is 0 Å². The van der Waals surface area contributed by atoms with Crippen molar-refractivity contribution >= 4 is 11.6 Å². The molecule has 0 spiro atoms. The van der Waals surface area contributed by atoms with Crippen LogP contribution < -0.4 is 4.90 Å². The molecule has 2 atom stereocenters. The summed E-state index contributed by atoms with van der Waals surface area (Å²) in [6.45, 7) is 1.11. The van der Waals surface area contributed by atoms with Gasteiger partial charge in [-0.25, -0.2) is 0 Å². The molecule has 0 aromatic heterocycles. The second kappa shape index (κ2) is 7.13. The van der Waals surface area contributed by atoms with Crippen molar-refractivity contribution in [3.63, 3.8) is 0 Å². The number of carbonyl (C=O) groups is 1. The first kappa shape index (κ1) is 16.8. The smallest absolute Gasteiger partial charge is 0.378 e. The first-order valence-corrected chi connectivity index (χ1v) is 7.45. The van der Waals surface area contributed by atoms with Crippen LogP contribution in [0, 0.1) is 5.92 Å². The topological polar surface area (TPSA) is 29.5 Å². The third-order valence-electron chi connectivity index (χ3n) is 3.84. The fraction of sp³-hybridized carbons (Fsp3) is 0.562. The summed E-state index contributed by atoms with van der Waals surface area (Å²) in [4.78, 5) is 13.5. The summed E-state index contributed by atoms with van der Waals surface area (Å²) in [5.74, 6) is -0.883. The fourth-order valence-electron chi connectivity index (χ4n) is 2.69. The Kier molecular flexibility index (Phi) is 5.45. The number of benzene rings is 1. The lowest BCUT2D eigenvalue weighted by Gasteiger charge is -2.33. The predicted octanol–water partition coefficient (Wildman–Crippen LogP) is 3.79. The first-order valence-electron chi connectivity index (χ1n) is 7.45. The van der Waals surface area contributed by atoms with Gasteiger partial charge in [-0.05, 0) is 31.4 Å². The molecule has 3 nitrogen and oxygen atoms in total. The number of hydrogen-bond donors (Lipinski definition) is 0. The highest BCUT2D eigenvalue weighted by atomic mass is 19.4. The average Bonchev–Trinajstić information content (AvgIpc) is 2.52. The van der Waals surface area contributed by atoms with Crippen molar-refractivity contribution in [2.45, 2.75) is 38.5 Å². The Morgan fingerprint density at radius 3 is 2.59 bits per heavy atom. The summed E-state index contributed by atoms with van der Waals surface area (Å²) < 4.78 is 44.0. The molecule has 0 bridgehead atoms. The van der Waals surface area contributed by atoms with Crippen molar-refractivity contribution in [2.24, 2.45) is 5.92 Å². The molecule has 0 radical (unpaired) electrons. The number of alkyl halides is 3. The molecule has 2 unspecified atom stereocenters. The van der Waals surface area contributed by atoms with Crippen molar-refractivity contribution in [1.29, 1.82) is 0 Å². The number of para-hydroxylation sites is 1. The van der Waals surface area contributed by atoms with Crippen LogP contribution in [0.1, 0.15) is 26.2 Å². The summed E-state index contributed by atoms with van der Waals surface area (Å²) >= 11 is 0. The highest BCUT2D eigenvalue weighted by Crippen LogP contribution is 2.29. The van der Waals surface area contributed by atoms with Gasteiger partial charge in [0.05, 0.1) is 6.10 Å². The SMILES string of the molecule is CCC1CC(C(=O)N(CC(F)(F)F)c2ccccc2)CCO1. The van der Waals surface area contributed by atoms with Crippen LogP contribution in [-0.2, 0) is 9.53 Å². The van der Waals surface area contributed by atoms with Gasteiger partial charge in [-0.15, -0.1) is 0 Å². The van der Waals surface area contributed by atoms with E-state index in [4.69, 9.17) is 4.74 Å². The molecular formula is C16H20F3NO2. The van der Waals surface area contributed by atoms with E-state index in [2.05, 4.69) is 0 Å². The molecule has 22 heavy (non-hydrogen) atoms. The first-order chi connectivity index (χ1) is 10.4. The van der Waals surface area contributed by atoms with Crippen molar-refractivity contribution in [1.82, 2.24) is 0 Å². The predicted molar refractivity (Wildman–Crippen MR) is 77.6 cm³/mol. The molecule has 122 valence electrons. The highest BCUT2D eigenvalue weighted by molar-refractivity contribution is 5.95. The second-order valence-corrected chi connectivity index (χ2v) is 5.50. The molecule has 1 aromatic rings. The standard InChI is InChI=1S/C16H20F3NO2/c1-2-14-10-12(8-9-22-14)15(21)20(11-16(17,18)19)13-6-4-3-5-7-13/h3-7,12,14H,2,8-11H2,1H3. The third-order valence-corrected chi connectivity index (χ3v) is 3.84. The molecule has 6 heteroatoms. The van der Waals surface area contributed by atoms with Crippen molar-refractivity contribution in [3.05, 3.63) is 30.3 Å². The Morgan fingerprint density at radius 2 is 2.00 bits per heavy atom. The normalized spacial score (nSPS) is 22.4. The van der Waals surface area contributed by atoms with E-state index < -0.39 is 24.5 Å². The molecular weight excluding hydrogens is 295 g/mol. The Balaban J connectivity index is 2.19. The van der Waals surface area contributed by atoms with Gasteiger partial charge in [0, 0.05) is 18.2 Å². The minimum Gasteiger partial charge on any atom is -0.378 e. The van der Waals surface area contributed by atoms with Crippen LogP contribution in [0.15, 0.2) is 30.3 Å². The monoisotopic (exact) mass is 315 g/mol. The van der Waals surface area contributed by atoms with Crippen molar-refractivity contribution < 1.29 is 22.7 Å². The Labute approximate surface area is 128 Å². The lowest BCUT2D eigenvalue weighted by Crippen LogP contribution is -2.44. The molecule has 2 rings (SSSR count). The maximum absolute atomic E-state index is 12.8. The van der Waals surface area contributed by atoms with E-state index in [0.717, 1.165) is 11.3 Å². The van der Waals surface area contributed by atoms with E-state index in [1.54, 1.807) is 18.2 Å². The van der Waals surface area contributed by atoms with Crippen molar-refractivity contribution in [3.8, 4) is 0 Å². The number of hydrogen-bond acceptors (Lipinski definition) is 2. The van der Waals surface area contributed by atoms with Gasteiger partial charge in [-0.3, -0.25) is 4.79 Å². The van der Waals surface area contributed by atoms with E-state index in [1.807, 2.05) is 6.92 Å². The maximum Gasteiger partial charge on any atom is 0.406 e. The van der Waals surface area contributed by atoms with Crippen LogP contribution >= 0.6 is 0 Å². The summed E-state index contributed by atoms with van der Waals surface area (Å²) in [5.41, 5.74) is 0.282. The van der Waals surface area contributed by atoms with Crippen molar-refractivity contribution in [2.75, 3.05) is 18.1 Å². The lowest BCUT2D eigenvalue weighted by molar-refractivity contribution is -0.138. The Morgan fingerprint density at radius 1 is 1.32 bits per heavy atom. The Hall–Kier alpha value is -1.56. The molecule has 0 saturated carbocycles. The van der Waals surface area contributed by atoms with Crippen LogP contribution in [-0.4, -0.2) is 31.3 Å². The number of halogens is 3. The summed E-state index contributed by atoms with van der Waals surface area (Å²) in [6.07, 6.45) is -2.77. The average molecular weight is 315 g/mol. The van der Waals surface area contributed by atoms with E-state index in [-0.39, 0.29) is 11.8 Å². The van der Waals surface area contributed by atoms with Gasteiger partial charge >= 0.3 is 6.18 Å². The van der Waals surface area contributed by atoms with Gasteiger partial charge in [0.2, 0.25) is 5.91 Å². The van der Waals surface area contributed by atoms with Crippen LogP contribution in [0.2, 0.25) is 0 Å². The largest absolute Gasteiger partial charge is 0.406 e. The minimum atomic E-state index is -4.43. The molecule has 1 aliphatic rings. The molecule has 1 amide bonds. The zero-order chi connectivity index (χ0) is 16.2. The molecule has 1 fully saturated rings. The Bertz CT molecular complexity index is 490. The summed E-state index contributed by atoms with van der Waals surface area (Å²) in [7, 11) is 0. The van der Waals surface area contributed by atoms with Crippen LogP contribution in [0.4, 0.5) is 18.9 Å². The molecule has 1 saturated heterocycles. The second-order valence-electron chi connectivity index (χ2n) is 5.50. The number of amides is 1. The van der Waals surface area contributed by atoms with E-state index in [0.29, 0.717) is 19.4 Å². The van der Waals surface area contributed by atoms with Crippen LogP contribution in [0.25, 0.3) is 0 Å². The number of ether oxygens (including phenoxy) is 1. The van der Waals surface area contributed by atoms with Gasteiger partial charge in [-0.1, -0.05) is 25.1 Å². The molecule has 0 N–H and O–H groups in total. The maximum atomic E-state index is 12.8. The number of carbonyl (C=O) groups excluding carboxylic acids is 1. The van der Waals surface area contributed by atoms with Crippen LogP contribution in [0.5, 0.6) is 0 Å². The zero-order valence-corrected chi connectivity index (χ0v) is 12.5.